The smallest absolute Gasteiger partial charge is 0.390 e. The van der Waals surface area contributed by atoms with Gasteiger partial charge < -0.3 is 15.4 Å². The van der Waals surface area contributed by atoms with Gasteiger partial charge in [0.2, 0.25) is 0 Å². The predicted molar refractivity (Wildman–Crippen MR) is 143 cm³/mol. The van der Waals surface area contributed by atoms with E-state index in [9.17, 15) is 18.3 Å². The van der Waals surface area contributed by atoms with Crippen molar-refractivity contribution in [2.24, 2.45) is 0 Å². The van der Waals surface area contributed by atoms with E-state index in [1.54, 1.807) is 6.07 Å². The van der Waals surface area contributed by atoms with E-state index in [4.69, 9.17) is 0 Å². The number of hydrogen-bond acceptors (Lipinski definition) is 2. The molecule has 0 radical (unpaired) electrons. The minimum Gasteiger partial charge on any atom is -0.390 e. The largest absolute Gasteiger partial charge is 0.416 e. The molecule has 1 aliphatic heterocycles. The van der Waals surface area contributed by atoms with Gasteiger partial charge in [-0.15, -0.1) is 0 Å². The van der Waals surface area contributed by atoms with Gasteiger partial charge in [-0.1, -0.05) is 43.0 Å². The molecule has 0 saturated carbocycles. The first-order valence-electron chi connectivity index (χ1n) is 12.3. The molecule has 2 heterocycles. The second-order valence-corrected chi connectivity index (χ2v) is 10.5. The number of anilines is 1. The molecule has 2 atom stereocenters. The van der Waals surface area contributed by atoms with Crippen LogP contribution in [0.3, 0.4) is 0 Å². The van der Waals surface area contributed by atoms with Gasteiger partial charge >= 0.3 is 6.18 Å². The summed E-state index contributed by atoms with van der Waals surface area (Å²) < 4.78 is 39.9. The lowest BCUT2D eigenvalue weighted by Crippen LogP contribution is -2.50. The van der Waals surface area contributed by atoms with Gasteiger partial charge in [0, 0.05) is 45.4 Å². The van der Waals surface area contributed by atoms with E-state index in [0.29, 0.717) is 5.56 Å². The van der Waals surface area contributed by atoms with Crippen molar-refractivity contribution in [3.8, 4) is 23.0 Å². The van der Waals surface area contributed by atoms with Gasteiger partial charge in [-0.25, -0.2) is 0 Å². The number of benzene rings is 3. The third kappa shape index (κ3) is 4.28. The van der Waals surface area contributed by atoms with Crippen molar-refractivity contribution in [3.63, 3.8) is 0 Å². The van der Waals surface area contributed by atoms with Crippen LogP contribution in [-0.2, 0) is 6.18 Å². The van der Waals surface area contributed by atoms with E-state index in [-0.39, 0.29) is 11.5 Å². The molecule has 190 valence electrons. The number of rotatable bonds is 1. The highest BCUT2D eigenvalue weighted by atomic mass is 19.4. The second kappa shape index (κ2) is 8.71. The zero-order valence-electron chi connectivity index (χ0n) is 21.4. The normalized spacial score (nSPS) is 18.6. The van der Waals surface area contributed by atoms with Gasteiger partial charge in [0.25, 0.3) is 0 Å². The molecular weight excluding hydrogens is 473 g/mol. The molecule has 37 heavy (non-hydrogen) atoms. The molecule has 1 aliphatic rings. The molecule has 0 amide bonds. The summed E-state index contributed by atoms with van der Waals surface area (Å²) in [5, 5.41) is 15.8. The maximum atomic E-state index is 13.3. The van der Waals surface area contributed by atoms with E-state index < -0.39 is 23.4 Å². The molecule has 0 bridgehead atoms. The molecule has 4 aromatic rings. The number of aliphatic hydroxyl groups is 1. The summed E-state index contributed by atoms with van der Waals surface area (Å²) in [6.45, 7) is 9.96. The molecule has 5 rings (SSSR count). The first kappa shape index (κ1) is 25.0. The van der Waals surface area contributed by atoms with Crippen LogP contribution in [0, 0.1) is 25.7 Å². The Morgan fingerprint density at radius 3 is 2.41 bits per heavy atom. The lowest BCUT2D eigenvalue weighted by molar-refractivity contribution is -0.137. The number of aromatic amines is 1. The number of H-pyrrole nitrogens is 1. The molecule has 0 fully saturated rings. The van der Waals surface area contributed by atoms with Gasteiger partial charge in [-0.3, -0.25) is 0 Å². The van der Waals surface area contributed by atoms with Crippen LogP contribution >= 0.6 is 0 Å². The van der Waals surface area contributed by atoms with Crippen LogP contribution in [0.15, 0.2) is 54.7 Å². The molecule has 3 nitrogen and oxygen atoms in total. The van der Waals surface area contributed by atoms with E-state index in [1.807, 2.05) is 52.9 Å². The first-order chi connectivity index (χ1) is 17.4. The zero-order chi connectivity index (χ0) is 26.7. The monoisotopic (exact) mass is 502 g/mol. The van der Waals surface area contributed by atoms with E-state index in [1.165, 1.54) is 6.07 Å². The van der Waals surface area contributed by atoms with Crippen molar-refractivity contribution < 1.29 is 18.3 Å². The number of nitrogens with one attached hydrogen (secondary N) is 2. The topological polar surface area (TPSA) is 48.0 Å². The van der Waals surface area contributed by atoms with Crippen LogP contribution in [0.1, 0.15) is 60.1 Å². The summed E-state index contributed by atoms with van der Waals surface area (Å²) in [7, 11) is 0. The number of alkyl halides is 3. The van der Waals surface area contributed by atoms with Gasteiger partial charge in [0.15, 0.2) is 0 Å². The van der Waals surface area contributed by atoms with Crippen molar-refractivity contribution in [1.29, 1.82) is 0 Å². The minimum absolute atomic E-state index is 0.250. The number of aliphatic hydroxyl groups excluding tert-OH is 1. The Kier molecular flexibility index (Phi) is 5.88. The second-order valence-electron chi connectivity index (χ2n) is 10.5. The number of aromatic nitrogens is 1. The van der Waals surface area contributed by atoms with Gasteiger partial charge in [0.1, 0.15) is 0 Å². The summed E-state index contributed by atoms with van der Waals surface area (Å²) in [5.74, 6) is 5.97. The molecular formula is C31H29F3N2O. The Balaban J connectivity index is 1.80. The van der Waals surface area contributed by atoms with Crippen LogP contribution in [0.5, 0.6) is 0 Å². The van der Waals surface area contributed by atoms with Gasteiger partial charge in [-0.2, -0.15) is 13.2 Å². The Bertz CT molecular complexity index is 1580. The van der Waals surface area contributed by atoms with Gasteiger partial charge in [-0.05, 0) is 68.7 Å². The maximum Gasteiger partial charge on any atom is 0.416 e. The summed E-state index contributed by atoms with van der Waals surface area (Å²) in [5.41, 5.74) is 6.42. The molecule has 0 spiro atoms. The Hall–Kier alpha value is -3.69. The standard InChI is InChI=1S/C31H29F3N2O/c1-17-14-25(24-11-7-10-22-18(2)16-35-28(22)24)23(26-19(3)29(37)30(4,5)36-27(17)26)13-12-20-8-6-9-21(15-20)31(32,33)34/h6-11,14-16,19,29,35-37H,1-5H3/t19-,29?/m0/s1. The maximum absolute atomic E-state index is 13.3. The SMILES string of the molecule is Cc1cc(-c2cccc3c(C)c[nH]c23)c(C#Cc2cccc(C(F)(F)F)c2)c2c1NC(C)(C)C(O)[C@H]2C. The average molecular weight is 503 g/mol. The van der Waals surface area contributed by atoms with Crippen LogP contribution in [0.25, 0.3) is 22.0 Å². The van der Waals surface area contributed by atoms with Crippen molar-refractivity contribution in [2.45, 2.75) is 58.4 Å². The lowest BCUT2D eigenvalue weighted by Gasteiger charge is -2.43. The lowest BCUT2D eigenvalue weighted by atomic mass is 9.75. The molecule has 1 unspecified atom stereocenters. The van der Waals surface area contributed by atoms with Crippen molar-refractivity contribution in [1.82, 2.24) is 4.98 Å². The van der Waals surface area contributed by atoms with Crippen molar-refractivity contribution in [3.05, 3.63) is 88.1 Å². The number of hydrogen-bond donors (Lipinski definition) is 3. The predicted octanol–water partition coefficient (Wildman–Crippen LogP) is 7.54. The highest BCUT2D eigenvalue weighted by Crippen LogP contribution is 2.46. The van der Waals surface area contributed by atoms with Crippen molar-refractivity contribution >= 4 is 16.6 Å². The fourth-order valence-electron chi connectivity index (χ4n) is 5.42. The quantitative estimate of drug-likeness (QED) is 0.236. The van der Waals surface area contributed by atoms with E-state index >= 15 is 0 Å². The first-order valence-corrected chi connectivity index (χ1v) is 12.3. The molecule has 6 heteroatoms. The number of aryl methyl sites for hydroxylation is 2. The highest BCUT2D eigenvalue weighted by Gasteiger charge is 2.41. The minimum atomic E-state index is -4.44. The molecule has 3 N–H and O–H groups in total. The highest BCUT2D eigenvalue weighted by molar-refractivity contribution is 5.98. The fraction of sp³-hybridized carbons (Fsp3) is 0.290. The Morgan fingerprint density at radius 2 is 1.68 bits per heavy atom. The molecule has 3 aromatic carbocycles. The van der Waals surface area contributed by atoms with E-state index in [0.717, 1.165) is 56.5 Å². The Morgan fingerprint density at radius 1 is 0.946 bits per heavy atom. The number of para-hydroxylation sites is 1. The average Bonchev–Trinajstić information content (AvgIpc) is 3.23. The van der Waals surface area contributed by atoms with Crippen LogP contribution in [0.4, 0.5) is 18.9 Å². The molecule has 0 aliphatic carbocycles. The summed E-state index contributed by atoms with van der Waals surface area (Å²) in [6, 6.07) is 13.2. The fourth-order valence-corrected chi connectivity index (χ4v) is 5.42. The number of fused-ring (bicyclic) bond motifs is 2. The zero-order valence-corrected chi connectivity index (χ0v) is 21.4. The molecule has 1 aromatic heterocycles. The number of halogens is 3. The van der Waals surface area contributed by atoms with Gasteiger partial charge in [0.05, 0.1) is 22.7 Å². The summed E-state index contributed by atoms with van der Waals surface area (Å²) in [6.07, 6.45) is -3.17. The van der Waals surface area contributed by atoms with Crippen LogP contribution in [-0.4, -0.2) is 21.7 Å². The Labute approximate surface area is 214 Å². The molecule has 0 saturated heterocycles. The summed E-state index contributed by atoms with van der Waals surface area (Å²) >= 11 is 0. The van der Waals surface area contributed by atoms with Crippen molar-refractivity contribution in [2.75, 3.05) is 5.32 Å². The van der Waals surface area contributed by atoms with Crippen LogP contribution in [0.2, 0.25) is 0 Å². The van der Waals surface area contributed by atoms with E-state index in [2.05, 4.69) is 34.3 Å². The van der Waals surface area contributed by atoms with Crippen LogP contribution < -0.4 is 5.32 Å². The third-order valence-corrected chi connectivity index (χ3v) is 7.41. The third-order valence-electron chi connectivity index (χ3n) is 7.41. The summed E-state index contributed by atoms with van der Waals surface area (Å²) in [4.78, 5) is 3.37.